The van der Waals surface area contributed by atoms with Crippen molar-refractivity contribution in [3.63, 3.8) is 0 Å². The minimum absolute atomic E-state index is 0.00781. The standard InChI is InChI=1S/C48H58N4O6Si/c1-48(2,3)59(4,5)58-44(39-20-22-43(53)46-40(39)21-23-45(54)50-46)31-49-30-34-14-17-37(18-15-34)57-28-10-9-11-33-16-19-38(35-12-7-6-8-13-35)41(29-33)52(47(55)56)42-32-51-26-24-36(42)25-27-51/h6-9,11-23,29,36,42,44,49,53H,10,24-28,30-32H2,1-5H3,(H,50,54)(H,55,56)/b11-9+/t42-,44+/m0/s1. The van der Waals surface area contributed by atoms with E-state index in [-0.39, 0.29) is 28.5 Å². The van der Waals surface area contributed by atoms with Crippen LogP contribution in [0.2, 0.25) is 18.1 Å². The molecule has 1 aromatic heterocycles. The number of H-pyrrole nitrogens is 1. The van der Waals surface area contributed by atoms with Gasteiger partial charge >= 0.3 is 6.09 Å². The van der Waals surface area contributed by atoms with Crippen molar-refractivity contribution in [2.75, 3.05) is 37.7 Å². The zero-order chi connectivity index (χ0) is 41.7. The Kier molecular flexibility index (Phi) is 12.8. The number of anilines is 1. The minimum atomic E-state index is -2.19. The second kappa shape index (κ2) is 18.0. The van der Waals surface area contributed by atoms with Gasteiger partial charge < -0.3 is 34.6 Å². The number of phenols is 1. The molecule has 310 valence electrons. The molecule has 4 aromatic carbocycles. The molecule has 3 fully saturated rings. The summed E-state index contributed by atoms with van der Waals surface area (Å²) in [4.78, 5) is 31.9. The third kappa shape index (κ3) is 9.82. The minimum Gasteiger partial charge on any atom is -0.506 e. The predicted octanol–water partition coefficient (Wildman–Crippen LogP) is 9.81. The zero-order valence-corrected chi connectivity index (χ0v) is 35.9. The fourth-order valence-electron chi connectivity index (χ4n) is 8.17. The number of rotatable bonds is 15. The Labute approximate surface area is 348 Å². The lowest BCUT2D eigenvalue weighted by Gasteiger charge is -2.48. The Balaban J connectivity index is 0.971. The summed E-state index contributed by atoms with van der Waals surface area (Å²) < 4.78 is 13.0. The number of piperidine rings is 3. The smallest absolute Gasteiger partial charge is 0.412 e. The summed E-state index contributed by atoms with van der Waals surface area (Å²) in [5.41, 5.74) is 5.79. The van der Waals surface area contributed by atoms with Crippen molar-refractivity contribution in [3.05, 3.63) is 130 Å². The quantitative estimate of drug-likeness (QED) is 0.0608. The Morgan fingerprint density at radius 1 is 1.00 bits per heavy atom. The first-order valence-corrected chi connectivity index (χ1v) is 23.7. The molecule has 0 radical (unpaired) electrons. The fourth-order valence-corrected chi connectivity index (χ4v) is 9.44. The van der Waals surface area contributed by atoms with Crippen molar-refractivity contribution in [2.45, 2.75) is 76.9 Å². The van der Waals surface area contributed by atoms with Gasteiger partial charge in [-0.3, -0.25) is 9.69 Å². The van der Waals surface area contributed by atoms with Crippen molar-refractivity contribution < 1.29 is 24.2 Å². The van der Waals surface area contributed by atoms with Gasteiger partial charge in [-0.05, 0) is 109 Å². The molecule has 1 amide bonds. The number of carbonyl (C=O) groups is 1. The number of ether oxygens (including phenoxy) is 1. The van der Waals surface area contributed by atoms with Crippen molar-refractivity contribution in [2.24, 2.45) is 5.92 Å². The summed E-state index contributed by atoms with van der Waals surface area (Å²) in [6.45, 7) is 15.6. The summed E-state index contributed by atoms with van der Waals surface area (Å²) in [6, 6.07) is 31.0. The van der Waals surface area contributed by atoms with Crippen LogP contribution in [-0.4, -0.2) is 73.3 Å². The van der Waals surface area contributed by atoms with Crippen LogP contribution in [0.1, 0.15) is 62.8 Å². The second-order valence-electron chi connectivity index (χ2n) is 17.5. The fraction of sp³-hybridized carbons (Fsp3) is 0.375. The first-order chi connectivity index (χ1) is 28.3. The molecule has 10 nitrogen and oxygen atoms in total. The number of hydrogen-bond donors (Lipinski definition) is 4. The van der Waals surface area contributed by atoms with Gasteiger partial charge in [0.05, 0.1) is 30.0 Å². The van der Waals surface area contributed by atoms with Crippen LogP contribution in [0.4, 0.5) is 10.5 Å². The predicted molar refractivity (Wildman–Crippen MR) is 240 cm³/mol. The van der Waals surface area contributed by atoms with Crippen LogP contribution in [0.5, 0.6) is 11.5 Å². The van der Waals surface area contributed by atoms with Gasteiger partial charge in [0.25, 0.3) is 0 Å². The van der Waals surface area contributed by atoms with Crippen LogP contribution in [-0.2, 0) is 11.0 Å². The lowest BCUT2D eigenvalue weighted by molar-refractivity contribution is 0.0838. The van der Waals surface area contributed by atoms with Crippen LogP contribution in [0.25, 0.3) is 28.1 Å². The van der Waals surface area contributed by atoms with Crippen molar-refractivity contribution in [3.8, 4) is 22.6 Å². The van der Waals surface area contributed by atoms with Gasteiger partial charge in [-0.1, -0.05) is 93.6 Å². The molecule has 0 unspecified atom stereocenters. The number of aromatic hydroxyl groups is 1. The van der Waals surface area contributed by atoms with E-state index in [9.17, 15) is 19.8 Å². The van der Waals surface area contributed by atoms with E-state index in [0.29, 0.717) is 37.6 Å². The van der Waals surface area contributed by atoms with Crippen LogP contribution in [0.15, 0.2) is 108 Å². The number of phenolic OH excluding ortho intramolecular Hbond substituents is 1. The van der Waals surface area contributed by atoms with Crippen molar-refractivity contribution in [1.29, 1.82) is 0 Å². The maximum Gasteiger partial charge on any atom is 0.412 e. The van der Waals surface area contributed by atoms with Gasteiger partial charge in [0.1, 0.15) is 11.5 Å². The number of aromatic amines is 1. The number of benzene rings is 4. The molecule has 59 heavy (non-hydrogen) atoms. The Bertz CT molecular complexity index is 2310. The highest BCUT2D eigenvalue weighted by molar-refractivity contribution is 6.74. The summed E-state index contributed by atoms with van der Waals surface area (Å²) in [5.74, 6) is 1.19. The number of amides is 1. The molecule has 3 aliphatic heterocycles. The van der Waals surface area contributed by atoms with Crippen LogP contribution in [0.3, 0.4) is 0 Å². The molecule has 4 N–H and O–H groups in total. The maximum absolute atomic E-state index is 12.9. The molecule has 3 aliphatic rings. The molecule has 2 bridgehead atoms. The van der Waals surface area contributed by atoms with Gasteiger partial charge in [-0.15, -0.1) is 0 Å². The van der Waals surface area contributed by atoms with Crippen molar-refractivity contribution in [1.82, 2.24) is 15.2 Å². The molecule has 0 saturated carbocycles. The highest BCUT2D eigenvalue weighted by Crippen LogP contribution is 2.42. The lowest BCUT2D eigenvalue weighted by atomic mass is 9.82. The van der Waals surface area contributed by atoms with Gasteiger partial charge in [-0.25, -0.2) is 4.79 Å². The number of fused-ring (bicyclic) bond motifs is 4. The van der Waals surface area contributed by atoms with Gasteiger partial charge in [0.2, 0.25) is 5.56 Å². The number of pyridine rings is 1. The van der Waals surface area contributed by atoms with E-state index in [2.05, 4.69) is 85.5 Å². The van der Waals surface area contributed by atoms with Crippen LogP contribution < -0.4 is 20.5 Å². The van der Waals surface area contributed by atoms with Crippen LogP contribution in [0, 0.1) is 5.92 Å². The van der Waals surface area contributed by atoms with Crippen LogP contribution >= 0.6 is 0 Å². The molecule has 2 atom stereocenters. The topological polar surface area (TPSA) is 127 Å². The van der Waals surface area contributed by atoms with Gasteiger partial charge in [0, 0.05) is 36.7 Å². The first kappa shape index (κ1) is 41.9. The summed E-state index contributed by atoms with van der Waals surface area (Å²) in [6.07, 6.45) is 5.69. The molecule has 4 heterocycles. The molecule has 0 spiro atoms. The van der Waals surface area contributed by atoms with Crippen molar-refractivity contribution >= 4 is 37.1 Å². The average molecular weight is 815 g/mol. The number of nitrogens with one attached hydrogen (secondary N) is 2. The maximum atomic E-state index is 12.9. The third-order valence-corrected chi connectivity index (χ3v) is 17.0. The zero-order valence-electron chi connectivity index (χ0n) is 34.9. The Hall–Kier alpha value is -5.20. The average Bonchev–Trinajstić information content (AvgIpc) is 3.22. The van der Waals surface area contributed by atoms with E-state index >= 15 is 0 Å². The summed E-state index contributed by atoms with van der Waals surface area (Å²) >= 11 is 0. The summed E-state index contributed by atoms with van der Waals surface area (Å²) in [5, 5.41) is 25.5. The number of aromatic nitrogens is 1. The van der Waals surface area contributed by atoms with E-state index in [4.69, 9.17) is 9.16 Å². The van der Waals surface area contributed by atoms with E-state index in [0.717, 1.165) is 77.1 Å². The Morgan fingerprint density at radius 3 is 2.42 bits per heavy atom. The normalized spacial score (nSPS) is 18.6. The van der Waals surface area contributed by atoms with E-state index in [1.165, 1.54) is 6.07 Å². The third-order valence-electron chi connectivity index (χ3n) is 12.5. The first-order valence-electron chi connectivity index (χ1n) is 20.8. The highest BCUT2D eigenvalue weighted by atomic mass is 28.4. The second-order valence-corrected chi connectivity index (χ2v) is 22.2. The van der Waals surface area contributed by atoms with E-state index in [1.807, 2.05) is 54.6 Å². The molecule has 0 aliphatic carbocycles. The highest BCUT2D eigenvalue weighted by Gasteiger charge is 2.41. The summed E-state index contributed by atoms with van der Waals surface area (Å²) in [7, 11) is -2.19. The number of carboxylic acid groups (broad SMARTS) is 1. The molecular formula is C48H58N4O6Si. The monoisotopic (exact) mass is 814 g/mol. The number of nitrogens with zero attached hydrogens (tertiary/aromatic N) is 2. The molecule has 11 heteroatoms. The molecule has 3 saturated heterocycles. The van der Waals surface area contributed by atoms with Gasteiger partial charge in [-0.2, -0.15) is 0 Å². The van der Waals surface area contributed by atoms with E-state index < -0.39 is 14.4 Å². The molecule has 5 aromatic rings. The SMILES string of the molecule is CC(C)(C)[Si](C)(C)O[C@H](CNCc1ccc(OCC/C=C/c2ccc(-c3ccccc3)c(N(C(=O)O)[C@H]3CN4CCC3CC4)c2)cc1)c1ccc(O)c2[nH]c(=O)ccc12. The lowest BCUT2D eigenvalue weighted by Crippen LogP contribution is -2.59. The number of hydrogen-bond acceptors (Lipinski definition) is 7. The molecular weight excluding hydrogens is 757 g/mol. The Morgan fingerprint density at radius 2 is 1.75 bits per heavy atom. The molecule has 8 rings (SSSR count). The largest absolute Gasteiger partial charge is 0.506 e. The van der Waals surface area contributed by atoms with E-state index in [1.54, 1.807) is 17.0 Å². The van der Waals surface area contributed by atoms with Gasteiger partial charge in [0.15, 0.2) is 8.32 Å².